The Morgan fingerprint density at radius 2 is 2.12 bits per heavy atom. The van der Waals surface area contributed by atoms with E-state index in [1.54, 1.807) is 14.2 Å². The second kappa shape index (κ2) is 4.40. The van der Waals surface area contributed by atoms with E-state index in [4.69, 9.17) is 9.47 Å². The molecule has 1 aromatic carbocycles. The Balaban J connectivity index is 2.36. The minimum absolute atomic E-state index is 0.0186. The van der Waals surface area contributed by atoms with Crippen LogP contribution in [0.15, 0.2) is 18.2 Å². The summed E-state index contributed by atoms with van der Waals surface area (Å²) < 4.78 is 10.5. The lowest BCUT2D eigenvalue weighted by molar-refractivity contribution is -0.119. The van der Waals surface area contributed by atoms with Crippen LogP contribution in [0.25, 0.3) is 0 Å². The second-order valence-corrected chi connectivity index (χ2v) is 3.53. The van der Waals surface area contributed by atoms with Crippen LogP contribution in [-0.4, -0.2) is 20.1 Å². The molecule has 1 atom stereocenters. The van der Waals surface area contributed by atoms with Crippen LogP contribution in [0.3, 0.4) is 0 Å². The number of hydrogen-bond donors (Lipinski definition) is 2. The molecule has 1 amide bonds. The summed E-state index contributed by atoms with van der Waals surface area (Å²) in [6.45, 7) is 0. The number of methoxy groups -OCH3 is 2. The summed E-state index contributed by atoms with van der Waals surface area (Å²) in [4.78, 5) is 11.1. The molecule has 0 unspecified atom stereocenters. The Labute approximate surface area is 93.7 Å². The van der Waals surface area contributed by atoms with Crippen molar-refractivity contribution in [2.75, 3.05) is 14.2 Å². The molecular formula is C11H14N2O3. The number of carbonyl (C=O) groups excluding carboxylic acids is 1. The third kappa shape index (κ3) is 1.81. The molecule has 0 radical (unpaired) electrons. The number of hydrazine groups is 1. The van der Waals surface area contributed by atoms with Gasteiger partial charge in [0.05, 0.1) is 20.3 Å². The summed E-state index contributed by atoms with van der Waals surface area (Å²) in [6.07, 6.45) is 0.406. The standard InChI is InChI=1S/C11H14N2O3/c1-15-9-5-3-4-7(11(9)16-2)8-6-10(14)13-12-8/h3-5,8,12H,6H2,1-2H3,(H,13,14)/t8-/m1/s1. The first-order valence-corrected chi connectivity index (χ1v) is 5.01. The summed E-state index contributed by atoms with van der Waals surface area (Å²) in [7, 11) is 3.18. The van der Waals surface area contributed by atoms with Gasteiger partial charge in [-0.2, -0.15) is 0 Å². The van der Waals surface area contributed by atoms with Crippen molar-refractivity contribution in [3.63, 3.8) is 0 Å². The molecule has 86 valence electrons. The average Bonchev–Trinajstić information content (AvgIpc) is 2.74. The van der Waals surface area contributed by atoms with Crippen molar-refractivity contribution in [3.05, 3.63) is 23.8 Å². The largest absolute Gasteiger partial charge is 0.493 e. The van der Waals surface area contributed by atoms with Crippen LogP contribution < -0.4 is 20.3 Å². The Bertz CT molecular complexity index is 406. The number of ether oxygens (including phenoxy) is 2. The first kappa shape index (κ1) is 10.8. The highest BCUT2D eigenvalue weighted by molar-refractivity contribution is 5.78. The Hall–Kier alpha value is -1.75. The molecule has 1 aliphatic rings. The zero-order chi connectivity index (χ0) is 11.5. The van der Waals surface area contributed by atoms with Crippen LogP contribution in [0, 0.1) is 0 Å². The van der Waals surface area contributed by atoms with Crippen molar-refractivity contribution in [3.8, 4) is 11.5 Å². The van der Waals surface area contributed by atoms with E-state index in [9.17, 15) is 4.79 Å². The van der Waals surface area contributed by atoms with Gasteiger partial charge in [-0.3, -0.25) is 10.2 Å². The Kier molecular flexibility index (Phi) is 2.96. The fourth-order valence-corrected chi connectivity index (χ4v) is 1.83. The molecule has 1 heterocycles. The lowest BCUT2D eigenvalue weighted by Crippen LogP contribution is -2.27. The van der Waals surface area contributed by atoms with Gasteiger partial charge in [-0.25, -0.2) is 5.43 Å². The van der Waals surface area contributed by atoms with Gasteiger partial charge >= 0.3 is 0 Å². The molecule has 0 aliphatic carbocycles. The number of carbonyl (C=O) groups is 1. The molecule has 0 saturated carbocycles. The summed E-state index contributed by atoms with van der Waals surface area (Å²) in [5.41, 5.74) is 6.40. The first-order chi connectivity index (χ1) is 7.76. The summed E-state index contributed by atoms with van der Waals surface area (Å²) in [5.74, 6) is 1.31. The molecule has 1 fully saturated rings. The van der Waals surface area contributed by atoms with E-state index in [0.29, 0.717) is 17.9 Å². The number of amides is 1. The van der Waals surface area contributed by atoms with E-state index in [2.05, 4.69) is 10.9 Å². The van der Waals surface area contributed by atoms with Crippen LogP contribution in [0.5, 0.6) is 11.5 Å². The summed E-state index contributed by atoms with van der Waals surface area (Å²) in [5, 5.41) is 0. The van der Waals surface area contributed by atoms with Crippen molar-refractivity contribution >= 4 is 5.91 Å². The molecule has 1 saturated heterocycles. The smallest absolute Gasteiger partial charge is 0.236 e. The molecule has 0 spiro atoms. The van der Waals surface area contributed by atoms with Crippen LogP contribution in [0.4, 0.5) is 0 Å². The van der Waals surface area contributed by atoms with Gasteiger partial charge in [-0.1, -0.05) is 12.1 Å². The highest BCUT2D eigenvalue weighted by atomic mass is 16.5. The van der Waals surface area contributed by atoms with Crippen LogP contribution in [0.2, 0.25) is 0 Å². The SMILES string of the molecule is COc1cccc([C@H]2CC(=O)NN2)c1OC. The van der Waals surface area contributed by atoms with Crippen LogP contribution in [0.1, 0.15) is 18.0 Å². The van der Waals surface area contributed by atoms with Gasteiger partial charge in [-0.15, -0.1) is 0 Å². The van der Waals surface area contributed by atoms with Gasteiger partial charge in [-0.05, 0) is 6.07 Å². The maximum Gasteiger partial charge on any atom is 0.236 e. The maximum atomic E-state index is 11.1. The summed E-state index contributed by atoms with van der Waals surface area (Å²) >= 11 is 0. The lowest BCUT2D eigenvalue weighted by Gasteiger charge is -2.16. The van der Waals surface area contributed by atoms with E-state index < -0.39 is 0 Å². The monoisotopic (exact) mass is 222 g/mol. The molecule has 16 heavy (non-hydrogen) atoms. The van der Waals surface area contributed by atoms with Crippen molar-refractivity contribution in [2.24, 2.45) is 0 Å². The molecule has 0 bridgehead atoms. The molecular weight excluding hydrogens is 208 g/mol. The van der Waals surface area contributed by atoms with Gasteiger partial charge in [0.15, 0.2) is 11.5 Å². The van der Waals surface area contributed by atoms with Crippen molar-refractivity contribution in [1.29, 1.82) is 0 Å². The highest BCUT2D eigenvalue weighted by Gasteiger charge is 2.26. The highest BCUT2D eigenvalue weighted by Crippen LogP contribution is 2.36. The second-order valence-electron chi connectivity index (χ2n) is 3.53. The molecule has 5 heteroatoms. The molecule has 1 aromatic rings. The fraction of sp³-hybridized carbons (Fsp3) is 0.364. The Morgan fingerprint density at radius 1 is 1.31 bits per heavy atom. The lowest BCUT2D eigenvalue weighted by atomic mass is 10.0. The predicted molar refractivity (Wildman–Crippen MR) is 58.2 cm³/mol. The summed E-state index contributed by atoms with van der Waals surface area (Å²) in [6, 6.07) is 5.55. The quantitative estimate of drug-likeness (QED) is 0.793. The van der Waals surface area contributed by atoms with Gasteiger partial charge in [0.1, 0.15) is 0 Å². The maximum absolute atomic E-state index is 11.1. The molecule has 2 rings (SSSR count). The van der Waals surface area contributed by atoms with E-state index in [-0.39, 0.29) is 11.9 Å². The van der Waals surface area contributed by atoms with Crippen LogP contribution >= 0.6 is 0 Å². The molecule has 5 nitrogen and oxygen atoms in total. The third-order valence-electron chi connectivity index (χ3n) is 2.58. The zero-order valence-electron chi connectivity index (χ0n) is 9.24. The average molecular weight is 222 g/mol. The fourth-order valence-electron chi connectivity index (χ4n) is 1.83. The number of benzene rings is 1. The van der Waals surface area contributed by atoms with Gasteiger partial charge in [0.2, 0.25) is 5.91 Å². The van der Waals surface area contributed by atoms with Gasteiger partial charge in [0, 0.05) is 12.0 Å². The number of hydrogen-bond acceptors (Lipinski definition) is 4. The molecule has 0 aromatic heterocycles. The minimum atomic E-state index is -0.0717. The molecule has 2 N–H and O–H groups in total. The van der Waals surface area contributed by atoms with E-state index in [0.717, 1.165) is 5.56 Å². The van der Waals surface area contributed by atoms with E-state index in [1.807, 2.05) is 18.2 Å². The van der Waals surface area contributed by atoms with Gasteiger partial charge in [0.25, 0.3) is 0 Å². The van der Waals surface area contributed by atoms with Gasteiger partial charge < -0.3 is 9.47 Å². The normalized spacial score (nSPS) is 19.4. The number of nitrogens with one attached hydrogen (secondary N) is 2. The van der Waals surface area contributed by atoms with E-state index >= 15 is 0 Å². The van der Waals surface area contributed by atoms with Crippen molar-refractivity contribution < 1.29 is 14.3 Å². The zero-order valence-corrected chi connectivity index (χ0v) is 9.24. The minimum Gasteiger partial charge on any atom is -0.493 e. The first-order valence-electron chi connectivity index (χ1n) is 5.01. The topological polar surface area (TPSA) is 59.6 Å². The van der Waals surface area contributed by atoms with Crippen molar-refractivity contribution in [2.45, 2.75) is 12.5 Å². The number of rotatable bonds is 3. The van der Waals surface area contributed by atoms with E-state index in [1.165, 1.54) is 0 Å². The predicted octanol–water partition coefficient (Wildman–Crippen LogP) is 0.769. The van der Waals surface area contributed by atoms with Crippen LogP contribution in [-0.2, 0) is 4.79 Å². The third-order valence-corrected chi connectivity index (χ3v) is 2.58. The Morgan fingerprint density at radius 3 is 2.69 bits per heavy atom. The molecule has 1 aliphatic heterocycles. The number of para-hydroxylation sites is 1. The van der Waals surface area contributed by atoms with Crippen molar-refractivity contribution in [1.82, 2.24) is 10.9 Å².